The first kappa shape index (κ1) is 27.3. The molecule has 0 radical (unpaired) electrons. The number of carbonyl (C=O) groups is 2. The number of Topliss-reactive ketones (excluding diaryl/α,β-unsaturated/α-hetero) is 1. The van der Waals surface area contributed by atoms with Gasteiger partial charge in [-0.1, -0.05) is 40.5 Å². The number of benzene rings is 1. The molecule has 5 rings (SSSR count). The molecule has 1 aliphatic heterocycles. The Morgan fingerprint density at radius 3 is 2.82 bits per heavy atom. The van der Waals surface area contributed by atoms with E-state index in [4.69, 9.17) is 10.5 Å². The summed E-state index contributed by atoms with van der Waals surface area (Å²) in [5, 5.41) is 30.8. The maximum atomic E-state index is 13.3. The molecule has 11 nitrogen and oxygen atoms in total. The number of allylic oxidation sites excluding steroid dienone is 3. The fraction of sp³-hybridized carbons (Fsp3) is 0.292. The van der Waals surface area contributed by atoms with Gasteiger partial charge >= 0.3 is 0 Å². The predicted octanol–water partition coefficient (Wildman–Crippen LogP) is 4.50. The lowest BCUT2D eigenvalue weighted by Crippen LogP contribution is -2.38. The molecular formula is C24H21BrN8O3S3. The largest absolute Gasteiger partial charge is 0.496 e. The van der Waals surface area contributed by atoms with Gasteiger partial charge in [0.25, 0.3) is 0 Å². The number of ether oxygens (including phenoxy) is 1. The molecule has 0 spiro atoms. The predicted molar refractivity (Wildman–Crippen MR) is 153 cm³/mol. The number of amides is 1. The number of nitrogens with two attached hydrogens (primary N) is 1. The second-order valence-electron chi connectivity index (χ2n) is 8.52. The van der Waals surface area contributed by atoms with E-state index >= 15 is 0 Å². The number of anilines is 2. The summed E-state index contributed by atoms with van der Waals surface area (Å²) >= 11 is 7.26. The Hall–Kier alpha value is -3.32. The summed E-state index contributed by atoms with van der Waals surface area (Å²) in [5.74, 6) is 0.0742. The van der Waals surface area contributed by atoms with Crippen molar-refractivity contribution in [3.63, 3.8) is 0 Å². The summed E-state index contributed by atoms with van der Waals surface area (Å²) < 4.78 is 6.61. The monoisotopic (exact) mass is 644 g/mol. The molecule has 0 saturated heterocycles. The van der Waals surface area contributed by atoms with E-state index in [-0.39, 0.29) is 28.8 Å². The van der Waals surface area contributed by atoms with Gasteiger partial charge in [-0.3, -0.25) is 19.8 Å². The maximum Gasteiger partial charge on any atom is 0.236 e. The number of thioether (sulfide) groups is 1. The number of nitrogens with zero attached hydrogens (tertiary/aromatic N) is 6. The Balaban J connectivity index is 1.45. The van der Waals surface area contributed by atoms with Crippen molar-refractivity contribution in [3.05, 3.63) is 55.9 Å². The molecule has 200 valence electrons. The fourth-order valence-corrected chi connectivity index (χ4v) is 7.33. The molecule has 3 N–H and O–H groups in total. The summed E-state index contributed by atoms with van der Waals surface area (Å²) in [6, 6.07) is 7.73. The average molecular weight is 646 g/mol. The van der Waals surface area contributed by atoms with Crippen LogP contribution in [-0.4, -0.2) is 44.9 Å². The zero-order valence-corrected chi connectivity index (χ0v) is 24.8. The van der Waals surface area contributed by atoms with Crippen LogP contribution < -0.4 is 20.7 Å². The van der Waals surface area contributed by atoms with Crippen LogP contribution in [0.3, 0.4) is 0 Å². The number of rotatable bonds is 7. The van der Waals surface area contributed by atoms with E-state index in [2.05, 4.69) is 47.7 Å². The highest BCUT2D eigenvalue weighted by Gasteiger charge is 2.41. The molecule has 1 aliphatic carbocycles. The van der Waals surface area contributed by atoms with Gasteiger partial charge in [-0.05, 0) is 53.4 Å². The zero-order chi connectivity index (χ0) is 27.7. The minimum absolute atomic E-state index is 0.0267. The minimum atomic E-state index is -0.606. The van der Waals surface area contributed by atoms with E-state index < -0.39 is 5.92 Å². The third kappa shape index (κ3) is 5.42. The van der Waals surface area contributed by atoms with E-state index in [0.717, 1.165) is 16.3 Å². The second kappa shape index (κ2) is 11.4. The van der Waals surface area contributed by atoms with Crippen LogP contribution >= 0.6 is 50.4 Å². The van der Waals surface area contributed by atoms with Gasteiger partial charge in [-0.25, -0.2) is 0 Å². The van der Waals surface area contributed by atoms with Crippen LogP contribution in [0.1, 0.15) is 35.8 Å². The second-order valence-corrected chi connectivity index (χ2v) is 12.7. The Kier molecular flexibility index (Phi) is 7.98. The van der Waals surface area contributed by atoms with Crippen molar-refractivity contribution in [1.29, 1.82) is 5.26 Å². The Bertz CT molecular complexity index is 1570. The lowest BCUT2D eigenvalue weighted by atomic mass is 9.76. The van der Waals surface area contributed by atoms with Crippen molar-refractivity contribution >= 4 is 72.3 Å². The van der Waals surface area contributed by atoms with Gasteiger partial charge in [0.15, 0.2) is 10.1 Å². The molecule has 2 aliphatic rings. The van der Waals surface area contributed by atoms with Gasteiger partial charge in [0, 0.05) is 17.7 Å². The maximum absolute atomic E-state index is 13.3. The topological polar surface area (TPSA) is 160 Å². The zero-order valence-electron chi connectivity index (χ0n) is 20.7. The lowest BCUT2D eigenvalue weighted by Gasteiger charge is -2.38. The quantitative estimate of drug-likeness (QED) is 0.348. The molecule has 0 fully saturated rings. The highest BCUT2D eigenvalue weighted by atomic mass is 79.9. The number of aryl methyl sites for hydroxylation is 1. The standard InChI is InChI=1S/C24H21BrN8O3S3/c1-11-29-30-22(38-11)28-18(35)10-37-24-32-31-23(39-24)33-15-4-3-5-16(34)20(15)19(13(9-26)21(33)27)12-6-7-17(36-2)14(25)8-12/h6-8,19H,3-5,10,27H2,1-2H3,(H,28,30,35). The molecule has 39 heavy (non-hydrogen) atoms. The van der Waals surface area contributed by atoms with Gasteiger partial charge in [-0.2, -0.15) is 5.26 Å². The molecule has 2 aromatic heterocycles. The van der Waals surface area contributed by atoms with Crippen LogP contribution in [0.4, 0.5) is 10.3 Å². The molecule has 3 heterocycles. The molecule has 1 amide bonds. The number of hydrogen-bond acceptors (Lipinski definition) is 13. The first-order valence-corrected chi connectivity index (χ1v) is 15.1. The fourth-order valence-electron chi connectivity index (χ4n) is 4.48. The first-order chi connectivity index (χ1) is 18.8. The van der Waals surface area contributed by atoms with E-state index in [1.807, 2.05) is 19.1 Å². The van der Waals surface area contributed by atoms with Crippen molar-refractivity contribution in [2.24, 2.45) is 5.73 Å². The molecule has 1 atom stereocenters. The van der Waals surface area contributed by atoms with Gasteiger partial charge in [-0.15, -0.1) is 20.4 Å². The lowest BCUT2D eigenvalue weighted by molar-refractivity contribution is -0.116. The van der Waals surface area contributed by atoms with Crippen molar-refractivity contribution in [2.45, 2.75) is 36.4 Å². The summed E-state index contributed by atoms with van der Waals surface area (Å²) in [6.07, 6.45) is 1.65. The number of ketones is 1. The highest BCUT2D eigenvalue weighted by molar-refractivity contribution is 9.10. The Morgan fingerprint density at radius 2 is 2.13 bits per heavy atom. The molecule has 1 aromatic carbocycles. The number of aromatic nitrogens is 4. The van der Waals surface area contributed by atoms with Crippen molar-refractivity contribution < 1.29 is 14.3 Å². The number of carbonyl (C=O) groups excluding carboxylic acids is 2. The van der Waals surface area contributed by atoms with Crippen LogP contribution in [0, 0.1) is 18.3 Å². The summed E-state index contributed by atoms with van der Waals surface area (Å²) in [7, 11) is 1.57. The minimum Gasteiger partial charge on any atom is -0.496 e. The third-order valence-corrected chi connectivity index (χ3v) is 9.52. The number of methoxy groups -OCH3 is 1. The van der Waals surface area contributed by atoms with Crippen LogP contribution in [0.2, 0.25) is 0 Å². The summed E-state index contributed by atoms with van der Waals surface area (Å²) in [5.41, 5.74) is 8.90. The Morgan fingerprint density at radius 1 is 1.31 bits per heavy atom. The summed E-state index contributed by atoms with van der Waals surface area (Å²) in [6.45, 7) is 1.81. The van der Waals surface area contributed by atoms with E-state index in [9.17, 15) is 14.9 Å². The molecule has 15 heteroatoms. The first-order valence-electron chi connectivity index (χ1n) is 11.7. The molecule has 3 aromatic rings. The van der Waals surface area contributed by atoms with E-state index in [1.54, 1.807) is 18.1 Å². The average Bonchev–Trinajstić information content (AvgIpc) is 3.55. The number of nitrogens with one attached hydrogen (secondary N) is 1. The van der Waals surface area contributed by atoms with Crippen LogP contribution in [0.5, 0.6) is 5.75 Å². The van der Waals surface area contributed by atoms with Crippen molar-refractivity contribution in [1.82, 2.24) is 20.4 Å². The van der Waals surface area contributed by atoms with Gasteiger partial charge in [0.1, 0.15) is 16.6 Å². The SMILES string of the molecule is COc1ccc(C2C(C#N)=C(N)N(c3nnc(SCC(=O)Nc4nnc(C)s4)s3)C3=C2C(=O)CCC3)cc1Br. The van der Waals surface area contributed by atoms with Gasteiger partial charge in [0.2, 0.25) is 16.2 Å². The molecular weight excluding hydrogens is 624 g/mol. The van der Waals surface area contributed by atoms with Gasteiger partial charge < -0.3 is 10.5 Å². The number of hydrogen-bond donors (Lipinski definition) is 2. The Labute approximate surface area is 244 Å². The molecule has 1 unspecified atom stereocenters. The van der Waals surface area contributed by atoms with E-state index in [0.29, 0.717) is 49.7 Å². The normalized spacial score (nSPS) is 17.2. The highest BCUT2D eigenvalue weighted by Crippen LogP contribution is 2.47. The van der Waals surface area contributed by atoms with Crippen LogP contribution in [0.25, 0.3) is 0 Å². The van der Waals surface area contributed by atoms with Crippen molar-refractivity contribution in [2.75, 3.05) is 23.1 Å². The van der Waals surface area contributed by atoms with Crippen LogP contribution in [-0.2, 0) is 9.59 Å². The molecule has 0 saturated carbocycles. The smallest absolute Gasteiger partial charge is 0.236 e. The van der Waals surface area contributed by atoms with Gasteiger partial charge in [0.05, 0.1) is 34.9 Å². The molecule has 0 bridgehead atoms. The van der Waals surface area contributed by atoms with Crippen LogP contribution in [0.15, 0.2) is 49.7 Å². The summed E-state index contributed by atoms with van der Waals surface area (Å²) in [4.78, 5) is 27.3. The van der Waals surface area contributed by atoms with Crippen molar-refractivity contribution in [3.8, 4) is 11.8 Å². The number of halogens is 1. The third-order valence-electron chi connectivity index (χ3n) is 6.11. The number of nitriles is 1. The van der Waals surface area contributed by atoms with E-state index in [1.165, 1.54) is 34.4 Å².